The van der Waals surface area contributed by atoms with Gasteiger partial charge in [-0.15, -0.1) is 0 Å². The van der Waals surface area contributed by atoms with E-state index in [9.17, 15) is 9.59 Å². The first-order chi connectivity index (χ1) is 13.1. The van der Waals surface area contributed by atoms with Gasteiger partial charge in [-0.25, -0.2) is 5.43 Å². The average Bonchev–Trinajstić information content (AvgIpc) is 3.54. The zero-order valence-electron chi connectivity index (χ0n) is 15.4. The van der Waals surface area contributed by atoms with Crippen molar-refractivity contribution in [3.8, 4) is 11.5 Å². The number of carbonyl (C=O) groups excluding carboxylic acids is 2. The van der Waals surface area contributed by atoms with Crippen molar-refractivity contribution in [2.75, 3.05) is 7.11 Å². The topological polar surface area (TPSA) is 77.0 Å². The monoisotopic (exact) mass is 366 g/mol. The van der Waals surface area contributed by atoms with Crippen LogP contribution < -0.4 is 14.9 Å². The fourth-order valence-electron chi connectivity index (χ4n) is 2.48. The number of amides is 1. The van der Waals surface area contributed by atoms with E-state index in [1.807, 2.05) is 12.1 Å². The Labute approximate surface area is 158 Å². The highest BCUT2D eigenvalue weighted by Gasteiger charge is 2.32. The van der Waals surface area contributed by atoms with Crippen molar-refractivity contribution in [2.45, 2.75) is 26.2 Å². The van der Waals surface area contributed by atoms with Crippen molar-refractivity contribution in [3.05, 3.63) is 59.2 Å². The van der Waals surface area contributed by atoms with Gasteiger partial charge in [-0.1, -0.05) is 19.1 Å². The highest BCUT2D eigenvalue weighted by Crippen LogP contribution is 2.34. The Hall–Kier alpha value is -3.15. The van der Waals surface area contributed by atoms with Crippen LogP contribution in [0.2, 0.25) is 0 Å². The van der Waals surface area contributed by atoms with E-state index in [0.717, 1.165) is 19.3 Å². The molecule has 0 unspecified atom stereocenters. The number of rotatable bonds is 7. The number of hydrazone groups is 1. The molecule has 0 spiro atoms. The largest absolute Gasteiger partial charge is 0.493 e. The van der Waals surface area contributed by atoms with Gasteiger partial charge in [0.05, 0.1) is 19.2 Å². The number of hydrogen-bond donors (Lipinski definition) is 1. The summed E-state index contributed by atoms with van der Waals surface area (Å²) in [5, 5.41) is 3.98. The van der Waals surface area contributed by atoms with Gasteiger partial charge < -0.3 is 9.47 Å². The van der Waals surface area contributed by atoms with Gasteiger partial charge in [0.25, 0.3) is 5.91 Å². The molecule has 27 heavy (non-hydrogen) atoms. The Kier molecular flexibility index (Phi) is 5.86. The number of nitrogens with zero attached hydrogens (tertiary/aromatic N) is 1. The van der Waals surface area contributed by atoms with Crippen LogP contribution >= 0.6 is 0 Å². The lowest BCUT2D eigenvalue weighted by Crippen LogP contribution is -2.17. The fraction of sp³-hybridized carbons (Fsp3) is 0.286. The molecule has 1 aliphatic carbocycles. The van der Waals surface area contributed by atoms with Crippen LogP contribution in [0.25, 0.3) is 0 Å². The van der Waals surface area contributed by atoms with E-state index in [4.69, 9.17) is 9.47 Å². The molecule has 2 aromatic rings. The maximum absolute atomic E-state index is 12.1. The summed E-state index contributed by atoms with van der Waals surface area (Å²) in [6.07, 6.45) is 4.20. The minimum absolute atomic E-state index is 0.0116. The van der Waals surface area contributed by atoms with Gasteiger partial charge in [0.1, 0.15) is 0 Å². The molecule has 3 rings (SSSR count). The normalized spacial score (nSPS) is 13.4. The molecule has 1 saturated carbocycles. The SMILES string of the molecule is CCc1ccc(C(=O)N/N=C\c2ccc(OC(=O)C3CC3)c(OC)c2)cc1. The summed E-state index contributed by atoms with van der Waals surface area (Å²) >= 11 is 0. The number of aryl methyl sites for hydroxylation is 1. The van der Waals surface area contributed by atoms with Gasteiger partial charge in [-0.3, -0.25) is 9.59 Å². The van der Waals surface area contributed by atoms with Crippen LogP contribution in [0, 0.1) is 5.92 Å². The molecule has 0 heterocycles. The van der Waals surface area contributed by atoms with Gasteiger partial charge in [0.15, 0.2) is 11.5 Å². The van der Waals surface area contributed by atoms with Gasteiger partial charge in [-0.05, 0) is 60.7 Å². The van der Waals surface area contributed by atoms with Crippen LogP contribution in [0.3, 0.4) is 0 Å². The van der Waals surface area contributed by atoms with Crippen molar-refractivity contribution in [2.24, 2.45) is 11.0 Å². The number of esters is 1. The van der Waals surface area contributed by atoms with Gasteiger partial charge in [0.2, 0.25) is 0 Å². The summed E-state index contributed by atoms with van der Waals surface area (Å²) in [7, 11) is 1.51. The summed E-state index contributed by atoms with van der Waals surface area (Å²) in [6.45, 7) is 2.06. The number of benzene rings is 2. The van der Waals surface area contributed by atoms with Crippen LogP contribution in [0.1, 0.15) is 41.3 Å². The molecule has 6 nitrogen and oxygen atoms in total. The van der Waals surface area contributed by atoms with E-state index in [1.54, 1.807) is 30.3 Å². The second-order valence-corrected chi connectivity index (χ2v) is 6.36. The second-order valence-electron chi connectivity index (χ2n) is 6.36. The van der Waals surface area contributed by atoms with Gasteiger partial charge >= 0.3 is 5.97 Å². The van der Waals surface area contributed by atoms with Crippen LogP contribution in [-0.4, -0.2) is 25.2 Å². The van der Waals surface area contributed by atoms with Crippen LogP contribution in [-0.2, 0) is 11.2 Å². The molecule has 2 aromatic carbocycles. The average molecular weight is 366 g/mol. The lowest BCUT2D eigenvalue weighted by molar-refractivity contribution is -0.135. The third kappa shape index (κ3) is 4.94. The Morgan fingerprint density at radius 3 is 2.52 bits per heavy atom. The van der Waals surface area contributed by atoms with Crippen LogP contribution in [0.4, 0.5) is 0 Å². The first kappa shape index (κ1) is 18.6. The number of carbonyl (C=O) groups is 2. The quantitative estimate of drug-likeness (QED) is 0.353. The molecule has 0 saturated heterocycles. The Morgan fingerprint density at radius 1 is 1.15 bits per heavy atom. The Bertz CT molecular complexity index is 855. The lowest BCUT2D eigenvalue weighted by atomic mass is 10.1. The van der Waals surface area contributed by atoms with Gasteiger partial charge in [0, 0.05) is 5.56 Å². The smallest absolute Gasteiger partial charge is 0.314 e. The zero-order valence-corrected chi connectivity index (χ0v) is 15.4. The molecule has 0 aromatic heterocycles. The van der Waals surface area contributed by atoms with E-state index < -0.39 is 0 Å². The Morgan fingerprint density at radius 2 is 1.89 bits per heavy atom. The molecule has 1 N–H and O–H groups in total. The molecule has 1 aliphatic rings. The molecular formula is C21H22N2O4. The van der Waals surface area contributed by atoms with E-state index in [2.05, 4.69) is 17.5 Å². The molecule has 0 radical (unpaired) electrons. The van der Waals surface area contributed by atoms with Gasteiger partial charge in [-0.2, -0.15) is 5.10 Å². The van der Waals surface area contributed by atoms with E-state index in [0.29, 0.717) is 22.6 Å². The maximum Gasteiger partial charge on any atom is 0.314 e. The molecule has 1 fully saturated rings. The summed E-state index contributed by atoms with van der Waals surface area (Å²) in [4.78, 5) is 23.9. The standard InChI is InChI=1S/C21H22N2O4/c1-3-14-4-7-16(8-5-14)20(24)23-22-13-15-6-11-18(19(12-15)26-2)27-21(25)17-9-10-17/h4-8,11-13,17H,3,9-10H2,1-2H3,(H,23,24)/b22-13-. The van der Waals surface area contributed by atoms with Crippen LogP contribution in [0.15, 0.2) is 47.6 Å². The lowest BCUT2D eigenvalue weighted by Gasteiger charge is -2.09. The molecular weight excluding hydrogens is 344 g/mol. The van der Waals surface area contributed by atoms with Crippen molar-refractivity contribution in [1.29, 1.82) is 0 Å². The molecule has 1 amide bonds. The third-order valence-electron chi connectivity index (χ3n) is 4.31. The minimum atomic E-state index is -0.282. The molecule has 6 heteroatoms. The first-order valence-corrected chi connectivity index (χ1v) is 8.92. The number of ether oxygens (including phenoxy) is 2. The highest BCUT2D eigenvalue weighted by molar-refractivity contribution is 5.95. The summed E-state index contributed by atoms with van der Waals surface area (Å²) in [5.41, 5.74) is 4.92. The predicted molar refractivity (Wildman–Crippen MR) is 102 cm³/mol. The van der Waals surface area contributed by atoms with E-state index in [-0.39, 0.29) is 17.8 Å². The third-order valence-corrected chi connectivity index (χ3v) is 4.31. The Balaban J connectivity index is 1.61. The second kappa shape index (κ2) is 8.49. The van der Waals surface area contributed by atoms with Crippen molar-refractivity contribution >= 4 is 18.1 Å². The van der Waals surface area contributed by atoms with Crippen molar-refractivity contribution in [3.63, 3.8) is 0 Å². The molecule has 0 atom stereocenters. The number of hydrogen-bond acceptors (Lipinski definition) is 5. The molecule has 140 valence electrons. The minimum Gasteiger partial charge on any atom is -0.493 e. The molecule has 0 aliphatic heterocycles. The molecule has 0 bridgehead atoms. The van der Waals surface area contributed by atoms with E-state index >= 15 is 0 Å². The fourth-order valence-corrected chi connectivity index (χ4v) is 2.48. The van der Waals surface area contributed by atoms with Crippen LogP contribution in [0.5, 0.6) is 11.5 Å². The summed E-state index contributed by atoms with van der Waals surface area (Å²) in [5.74, 6) is 0.325. The number of methoxy groups -OCH3 is 1. The first-order valence-electron chi connectivity index (χ1n) is 8.92. The van der Waals surface area contributed by atoms with Crippen molar-refractivity contribution < 1.29 is 19.1 Å². The van der Waals surface area contributed by atoms with Crippen molar-refractivity contribution in [1.82, 2.24) is 5.43 Å². The zero-order chi connectivity index (χ0) is 19.2. The highest BCUT2D eigenvalue weighted by atomic mass is 16.6. The number of nitrogens with one attached hydrogen (secondary N) is 1. The summed E-state index contributed by atoms with van der Waals surface area (Å²) in [6, 6.07) is 12.5. The van der Waals surface area contributed by atoms with E-state index in [1.165, 1.54) is 18.9 Å². The maximum atomic E-state index is 12.1. The predicted octanol–water partition coefficient (Wildman–Crippen LogP) is 3.34. The summed E-state index contributed by atoms with van der Waals surface area (Å²) < 4.78 is 10.6.